The van der Waals surface area contributed by atoms with Gasteiger partial charge in [0.25, 0.3) is 0 Å². The molecule has 26 nitrogen and oxygen atoms in total. The van der Waals surface area contributed by atoms with Gasteiger partial charge in [-0.25, -0.2) is 4.79 Å². The summed E-state index contributed by atoms with van der Waals surface area (Å²) in [6, 6.07) is 8.82. The molecule has 28 atom stereocenters. The van der Waals surface area contributed by atoms with Crippen LogP contribution in [0.2, 0.25) is 0 Å². The minimum atomic E-state index is -2.06. The molecular formula is C65H102O26. The van der Waals surface area contributed by atoms with Crippen LogP contribution in [0.1, 0.15) is 164 Å². The van der Waals surface area contributed by atoms with Gasteiger partial charge in [-0.15, -0.1) is 0 Å². The number of fused-ring (bicyclic) bond motifs is 3. The normalized spacial score (nSPS) is 40.6. The van der Waals surface area contributed by atoms with Crippen LogP contribution in [0.25, 0.3) is 6.08 Å². The van der Waals surface area contributed by atoms with Gasteiger partial charge in [-0.2, -0.15) is 0 Å². The van der Waals surface area contributed by atoms with E-state index in [4.69, 9.17) is 66.3 Å². The summed E-state index contributed by atoms with van der Waals surface area (Å²) in [5, 5.41) is 91.6. The van der Waals surface area contributed by atoms with Crippen molar-refractivity contribution in [2.75, 3.05) is 6.61 Å². The first-order chi connectivity index (χ1) is 43.5. The summed E-state index contributed by atoms with van der Waals surface area (Å²) in [6.45, 7) is 14.0. The first-order valence-electron chi connectivity index (χ1n) is 33.0. The molecule has 0 aliphatic carbocycles. The third-order valence-electron chi connectivity index (χ3n) is 18.2. The second-order valence-electron chi connectivity index (χ2n) is 25.2. The number of aliphatic hydroxyl groups is 8. The SMILES string of the molecule is CCCCC[C@H]1CCCCCCCCCC(=O)O[C@H]2[C@@H](O)[C@H](O[C@H]3[C@H](O1)O[C@H](C)[C@H](O)[C@@H]3O)O[C@@H](C)[C@@H]2O[C@@H]1O[C@@H](C)[C@H](O[C@@H]2O[C@@H](C)[C@H](OC(=O)[C@@H](C)CC)[C@@H](OC(=O)C=Cc3ccccc3)[C@H]2O)[C@@H](O[C@@H]2O[C@H](CO)[C@@H](O)[C@H](O)[C@H]2O)[C@H]1OC(=O)[C@@H](C)CC. The van der Waals surface area contributed by atoms with Crippen molar-refractivity contribution in [1.82, 2.24) is 0 Å². The van der Waals surface area contributed by atoms with Gasteiger partial charge >= 0.3 is 23.9 Å². The van der Waals surface area contributed by atoms with E-state index in [1.807, 2.05) is 0 Å². The minimum absolute atomic E-state index is 0.0648. The topological polar surface area (TPSA) is 359 Å². The van der Waals surface area contributed by atoms with Gasteiger partial charge in [0.05, 0.1) is 49.0 Å². The Balaban J connectivity index is 1.26. The van der Waals surface area contributed by atoms with Crippen molar-refractivity contribution < 1.29 is 126 Å². The zero-order chi connectivity index (χ0) is 66.2. The molecule has 0 spiro atoms. The summed E-state index contributed by atoms with van der Waals surface area (Å²) in [5.74, 6) is -4.62. The lowest BCUT2D eigenvalue weighted by molar-refractivity contribution is -0.400. The van der Waals surface area contributed by atoms with Gasteiger partial charge in [-0.05, 0) is 71.4 Å². The number of unbranched alkanes of at least 4 members (excludes halogenated alkanes) is 2. The van der Waals surface area contributed by atoms with E-state index in [0.29, 0.717) is 37.7 Å². The fraction of sp³-hybridized carbons (Fsp3) is 0.815. The van der Waals surface area contributed by atoms with Crippen LogP contribution >= 0.6 is 0 Å². The Labute approximate surface area is 533 Å². The number of carbonyl (C=O) groups is 4. The summed E-state index contributed by atoms with van der Waals surface area (Å²) >= 11 is 0. The maximum Gasteiger partial charge on any atom is 0.331 e. The number of benzene rings is 1. The van der Waals surface area contributed by atoms with Gasteiger partial charge in [-0.3, -0.25) is 14.4 Å². The maximum absolute atomic E-state index is 14.3. The van der Waals surface area contributed by atoms with Gasteiger partial charge in [0.1, 0.15) is 73.2 Å². The molecule has 518 valence electrons. The number of hydrogen-bond donors (Lipinski definition) is 8. The van der Waals surface area contributed by atoms with Crippen LogP contribution in [0.3, 0.4) is 0 Å². The molecule has 0 aromatic heterocycles. The number of esters is 4. The van der Waals surface area contributed by atoms with Gasteiger partial charge in [-0.1, -0.05) is 123 Å². The lowest BCUT2D eigenvalue weighted by Gasteiger charge is -2.51. The summed E-state index contributed by atoms with van der Waals surface area (Å²) in [4.78, 5) is 55.4. The Morgan fingerprint density at radius 1 is 0.538 bits per heavy atom. The lowest BCUT2D eigenvalue weighted by Crippen LogP contribution is -2.68. The van der Waals surface area contributed by atoms with Gasteiger partial charge in [0.2, 0.25) is 0 Å². The van der Waals surface area contributed by atoms with E-state index in [9.17, 15) is 60.0 Å². The predicted octanol–water partition coefficient (Wildman–Crippen LogP) is 3.69. The molecule has 1 aromatic carbocycles. The molecule has 0 amide bonds. The van der Waals surface area contributed by atoms with E-state index in [1.165, 1.54) is 26.8 Å². The second-order valence-corrected chi connectivity index (χ2v) is 25.2. The fourth-order valence-corrected chi connectivity index (χ4v) is 12.0. The molecule has 6 aliphatic heterocycles. The van der Waals surface area contributed by atoms with Crippen molar-refractivity contribution in [3.63, 3.8) is 0 Å². The molecule has 8 N–H and O–H groups in total. The fourth-order valence-electron chi connectivity index (χ4n) is 12.0. The van der Waals surface area contributed by atoms with Crippen molar-refractivity contribution in [3.8, 4) is 0 Å². The average molecular weight is 1300 g/mol. The largest absolute Gasteiger partial charge is 0.456 e. The molecule has 0 unspecified atom stereocenters. The molecule has 91 heavy (non-hydrogen) atoms. The standard InChI is InChI=1S/C65H102O26/c1-10-13-20-27-40-28-23-17-15-14-16-18-24-29-42(67)84-55-50(75)63(90-56-47(72)44(69)35(6)78-64(56)82-40)80-37(8)52(55)89-65-58(87-60(77)34(5)12-3)57(91-61-48(73)46(71)45(70)41(32-66)83-61)53(38(9)81-65)88-62-49(74)54(51(36(7)79-62)86-59(76)33(4)11-2)85-43(68)31-30-39-25-21-19-22-26-39/h19,21-22,25-26,30-31,33-38,40-41,44-58,61-66,69-75H,10-18,20,23-24,27-29,32H2,1-9H3/t33-,34-,35+,36-,37-,38-,40-,41+,44-,45+,46-,47-,48+,49+,50+,51-,52-,53-,54-,55-,56+,57+,58+,61-,62-,63-,64-,65-/m0/s1. The minimum Gasteiger partial charge on any atom is -0.456 e. The number of rotatable bonds is 20. The second kappa shape index (κ2) is 35.7. The van der Waals surface area contributed by atoms with Gasteiger partial charge in [0.15, 0.2) is 55.9 Å². The van der Waals surface area contributed by atoms with E-state index in [1.54, 1.807) is 65.0 Å². The molecule has 6 fully saturated rings. The Hall–Kier alpha value is -3.88. The van der Waals surface area contributed by atoms with Crippen LogP contribution in [0.5, 0.6) is 0 Å². The Bertz CT molecular complexity index is 2400. The maximum atomic E-state index is 14.3. The molecule has 6 aliphatic rings. The van der Waals surface area contributed by atoms with E-state index in [-0.39, 0.29) is 18.9 Å². The van der Waals surface area contributed by atoms with Crippen molar-refractivity contribution in [2.45, 2.75) is 318 Å². The Morgan fingerprint density at radius 3 is 1.78 bits per heavy atom. The van der Waals surface area contributed by atoms with Crippen LogP contribution in [-0.2, 0) is 85.5 Å². The molecule has 6 heterocycles. The van der Waals surface area contributed by atoms with E-state index >= 15 is 0 Å². The molecule has 0 saturated carbocycles. The number of aliphatic hydroxyl groups excluding tert-OH is 8. The summed E-state index contributed by atoms with van der Waals surface area (Å²) in [5.41, 5.74) is 0.648. The van der Waals surface area contributed by atoms with Crippen LogP contribution in [0.4, 0.5) is 0 Å². The molecule has 0 radical (unpaired) electrons. The van der Waals surface area contributed by atoms with Crippen molar-refractivity contribution in [3.05, 3.63) is 42.0 Å². The van der Waals surface area contributed by atoms with Crippen molar-refractivity contribution in [2.24, 2.45) is 11.8 Å². The summed E-state index contributed by atoms with van der Waals surface area (Å²) in [7, 11) is 0. The van der Waals surface area contributed by atoms with Crippen molar-refractivity contribution >= 4 is 30.0 Å². The highest BCUT2D eigenvalue weighted by molar-refractivity contribution is 5.87. The monoisotopic (exact) mass is 1300 g/mol. The third kappa shape index (κ3) is 19.6. The van der Waals surface area contributed by atoms with E-state index in [2.05, 4.69) is 6.92 Å². The molecule has 7 rings (SSSR count). The smallest absolute Gasteiger partial charge is 0.331 e. The van der Waals surface area contributed by atoms with Crippen LogP contribution in [-0.4, -0.2) is 231 Å². The highest BCUT2D eigenvalue weighted by atomic mass is 16.8. The van der Waals surface area contributed by atoms with Crippen LogP contribution in [0, 0.1) is 11.8 Å². The first-order valence-corrected chi connectivity index (χ1v) is 33.0. The zero-order valence-electron chi connectivity index (χ0n) is 53.9. The molecule has 1 aromatic rings. The highest BCUT2D eigenvalue weighted by Crippen LogP contribution is 2.40. The van der Waals surface area contributed by atoms with Crippen LogP contribution < -0.4 is 0 Å². The lowest BCUT2D eigenvalue weighted by atomic mass is 9.95. The quantitative estimate of drug-likeness (QED) is 0.0399. The summed E-state index contributed by atoms with van der Waals surface area (Å²) < 4.78 is 88.7. The number of hydrogen-bond acceptors (Lipinski definition) is 26. The highest BCUT2D eigenvalue weighted by Gasteiger charge is 2.59. The number of carbonyl (C=O) groups excluding carboxylic acids is 4. The first kappa shape index (κ1) is 74.5. The molecule has 6 saturated heterocycles. The average Bonchev–Trinajstić information content (AvgIpc) is 0.807. The van der Waals surface area contributed by atoms with E-state index < -0.39 is 196 Å². The van der Waals surface area contributed by atoms with Crippen LogP contribution in [0.15, 0.2) is 36.4 Å². The Kier molecular flexibility index (Phi) is 29.3. The van der Waals surface area contributed by atoms with Crippen molar-refractivity contribution in [1.29, 1.82) is 0 Å². The molecular weight excluding hydrogens is 1200 g/mol. The third-order valence-corrected chi connectivity index (χ3v) is 18.2. The predicted molar refractivity (Wildman–Crippen MR) is 319 cm³/mol. The number of ether oxygens (including phenoxy) is 14. The van der Waals surface area contributed by atoms with E-state index in [0.717, 1.165) is 57.4 Å². The van der Waals surface area contributed by atoms with Gasteiger partial charge < -0.3 is 107 Å². The molecule has 26 heteroatoms. The summed E-state index contributed by atoms with van der Waals surface area (Å²) in [6.07, 6.45) is -27.9. The zero-order valence-corrected chi connectivity index (χ0v) is 53.9. The Morgan fingerprint density at radius 2 is 1.12 bits per heavy atom. The van der Waals surface area contributed by atoms with Gasteiger partial charge in [0, 0.05) is 12.5 Å². The molecule has 2 bridgehead atoms.